The van der Waals surface area contributed by atoms with Gasteiger partial charge in [0.25, 0.3) is 0 Å². The van der Waals surface area contributed by atoms with Crippen molar-refractivity contribution in [2.24, 2.45) is 0 Å². The van der Waals surface area contributed by atoms with Gasteiger partial charge in [0.2, 0.25) is 0 Å². The van der Waals surface area contributed by atoms with Gasteiger partial charge in [-0.15, -0.1) is 11.6 Å². The van der Waals surface area contributed by atoms with Crippen molar-refractivity contribution in [3.05, 3.63) is 65.2 Å². The molecule has 0 N–H and O–H groups in total. The molecule has 2 aromatic rings. The molecule has 21 heavy (non-hydrogen) atoms. The first-order valence-electron chi connectivity index (χ1n) is 6.80. The van der Waals surface area contributed by atoms with Gasteiger partial charge in [-0.3, -0.25) is 0 Å². The Morgan fingerprint density at radius 1 is 1.05 bits per heavy atom. The Morgan fingerprint density at radius 3 is 2.48 bits per heavy atom. The molecule has 0 saturated heterocycles. The average Bonchev–Trinajstić information content (AvgIpc) is 2.42. The first-order chi connectivity index (χ1) is 9.95. The van der Waals surface area contributed by atoms with E-state index in [2.05, 4.69) is 0 Å². The lowest BCUT2D eigenvalue weighted by Gasteiger charge is -2.14. The van der Waals surface area contributed by atoms with Crippen molar-refractivity contribution < 1.29 is 13.5 Å². The number of benzene rings is 2. The Labute approximate surface area is 128 Å². The lowest BCUT2D eigenvalue weighted by molar-refractivity contribution is 0.242. The fourth-order valence-corrected chi connectivity index (χ4v) is 2.36. The minimum atomic E-state index is -0.853. The van der Waals surface area contributed by atoms with Crippen LogP contribution in [0.2, 0.25) is 0 Å². The summed E-state index contributed by atoms with van der Waals surface area (Å²) in [6.07, 6.45) is 0.504. The van der Waals surface area contributed by atoms with Crippen LogP contribution >= 0.6 is 11.6 Å². The van der Waals surface area contributed by atoms with Gasteiger partial charge in [0, 0.05) is 0 Å². The van der Waals surface area contributed by atoms with E-state index >= 15 is 0 Å². The summed E-state index contributed by atoms with van der Waals surface area (Å²) in [6.45, 7) is 3.90. The van der Waals surface area contributed by atoms with E-state index in [1.54, 1.807) is 6.07 Å². The first-order valence-corrected chi connectivity index (χ1v) is 7.24. The fourth-order valence-electron chi connectivity index (χ4n) is 2.05. The van der Waals surface area contributed by atoms with Gasteiger partial charge >= 0.3 is 0 Å². The zero-order chi connectivity index (χ0) is 15.4. The van der Waals surface area contributed by atoms with Gasteiger partial charge in [0.05, 0.1) is 11.5 Å². The molecule has 2 rings (SSSR count). The molecule has 0 aliphatic carbocycles. The third kappa shape index (κ3) is 4.43. The molecule has 0 aromatic heterocycles. The third-order valence-electron chi connectivity index (χ3n) is 2.99. The molecule has 0 amide bonds. The lowest BCUT2D eigenvalue weighted by atomic mass is 10.0. The van der Waals surface area contributed by atoms with Gasteiger partial charge < -0.3 is 4.74 Å². The summed E-state index contributed by atoms with van der Waals surface area (Å²) in [6, 6.07) is 11.3. The van der Waals surface area contributed by atoms with Crippen LogP contribution in [0.4, 0.5) is 8.78 Å². The second kappa shape index (κ2) is 6.90. The normalized spacial score (nSPS) is 12.5. The summed E-state index contributed by atoms with van der Waals surface area (Å²) in [5.74, 6) is -0.955. The van der Waals surface area contributed by atoms with Crippen molar-refractivity contribution in [1.82, 2.24) is 0 Å². The molecular weight excluding hydrogens is 294 g/mol. The van der Waals surface area contributed by atoms with Crippen LogP contribution < -0.4 is 4.74 Å². The SMILES string of the molecule is CC(C)Oc1cccc(C(Cl)Cc2ccc(F)c(F)c2)c1. The van der Waals surface area contributed by atoms with Crippen molar-refractivity contribution in [3.63, 3.8) is 0 Å². The second-order valence-electron chi connectivity index (χ2n) is 5.16. The van der Waals surface area contributed by atoms with Crippen molar-refractivity contribution >= 4 is 11.6 Å². The zero-order valence-electron chi connectivity index (χ0n) is 11.9. The molecule has 1 atom stereocenters. The quantitative estimate of drug-likeness (QED) is 0.683. The Balaban J connectivity index is 2.12. The maximum absolute atomic E-state index is 13.2. The molecule has 0 aliphatic heterocycles. The Hall–Kier alpha value is -1.61. The van der Waals surface area contributed by atoms with E-state index in [4.69, 9.17) is 16.3 Å². The summed E-state index contributed by atoms with van der Waals surface area (Å²) >= 11 is 6.37. The number of hydrogen-bond acceptors (Lipinski definition) is 1. The predicted octanol–water partition coefficient (Wildman–Crippen LogP) is 5.27. The summed E-state index contributed by atoms with van der Waals surface area (Å²) in [7, 11) is 0. The average molecular weight is 311 g/mol. The van der Waals surface area contributed by atoms with Gasteiger partial charge in [0.1, 0.15) is 5.75 Å². The maximum Gasteiger partial charge on any atom is 0.159 e. The van der Waals surface area contributed by atoms with Crippen molar-refractivity contribution in [2.45, 2.75) is 31.7 Å². The summed E-state index contributed by atoms with van der Waals surface area (Å²) in [5, 5.41) is -0.328. The molecule has 0 fully saturated rings. The van der Waals surface area contributed by atoms with Crippen molar-refractivity contribution in [2.75, 3.05) is 0 Å². The third-order valence-corrected chi connectivity index (χ3v) is 3.40. The fraction of sp³-hybridized carbons (Fsp3) is 0.294. The lowest BCUT2D eigenvalue weighted by Crippen LogP contribution is -2.06. The van der Waals surface area contributed by atoms with Gasteiger partial charge in [-0.25, -0.2) is 8.78 Å². The van der Waals surface area contributed by atoms with Crippen LogP contribution in [0, 0.1) is 11.6 Å². The molecule has 1 nitrogen and oxygen atoms in total. The molecule has 0 heterocycles. The van der Waals surface area contributed by atoms with Crippen LogP contribution in [0.5, 0.6) is 5.75 Å². The van der Waals surface area contributed by atoms with Crippen LogP contribution in [0.15, 0.2) is 42.5 Å². The Morgan fingerprint density at radius 2 is 1.81 bits per heavy atom. The van der Waals surface area contributed by atoms with Crippen LogP contribution in [-0.4, -0.2) is 6.10 Å². The summed E-state index contributed by atoms with van der Waals surface area (Å²) < 4.78 is 31.7. The summed E-state index contributed by atoms with van der Waals surface area (Å²) in [4.78, 5) is 0. The summed E-state index contributed by atoms with van der Waals surface area (Å²) in [5.41, 5.74) is 1.55. The second-order valence-corrected chi connectivity index (χ2v) is 5.69. The molecule has 0 saturated carbocycles. The molecular formula is C17H17ClF2O. The number of ether oxygens (including phenoxy) is 1. The van der Waals surface area contributed by atoms with E-state index in [-0.39, 0.29) is 11.5 Å². The van der Waals surface area contributed by atoms with Crippen LogP contribution in [0.3, 0.4) is 0 Å². The monoisotopic (exact) mass is 310 g/mol. The topological polar surface area (TPSA) is 9.23 Å². The molecule has 2 aromatic carbocycles. The van der Waals surface area contributed by atoms with Gasteiger partial charge in [-0.05, 0) is 55.7 Å². The van der Waals surface area contributed by atoms with E-state index < -0.39 is 11.6 Å². The zero-order valence-corrected chi connectivity index (χ0v) is 12.7. The van der Waals surface area contributed by atoms with E-state index in [1.165, 1.54) is 6.07 Å². The van der Waals surface area contributed by atoms with Crippen LogP contribution in [0.1, 0.15) is 30.4 Å². The van der Waals surface area contributed by atoms with E-state index in [9.17, 15) is 8.78 Å². The van der Waals surface area contributed by atoms with E-state index in [1.807, 2.05) is 38.1 Å². The minimum absolute atomic E-state index is 0.0835. The molecule has 4 heteroatoms. The highest BCUT2D eigenvalue weighted by Gasteiger charge is 2.12. The Kier molecular flexibility index (Phi) is 5.18. The standard InChI is InChI=1S/C17H17ClF2O/c1-11(2)21-14-5-3-4-13(10-14)15(18)8-12-6-7-16(19)17(20)9-12/h3-7,9-11,15H,8H2,1-2H3. The maximum atomic E-state index is 13.2. The molecule has 0 spiro atoms. The van der Waals surface area contributed by atoms with Crippen LogP contribution in [0.25, 0.3) is 0 Å². The highest BCUT2D eigenvalue weighted by atomic mass is 35.5. The molecule has 0 aliphatic rings. The molecule has 1 unspecified atom stereocenters. The predicted molar refractivity (Wildman–Crippen MR) is 80.9 cm³/mol. The van der Waals surface area contributed by atoms with Gasteiger partial charge in [-0.1, -0.05) is 18.2 Å². The smallest absolute Gasteiger partial charge is 0.159 e. The largest absolute Gasteiger partial charge is 0.491 e. The highest BCUT2D eigenvalue weighted by molar-refractivity contribution is 6.20. The van der Waals surface area contributed by atoms with E-state index in [0.29, 0.717) is 12.0 Å². The van der Waals surface area contributed by atoms with Crippen molar-refractivity contribution in [3.8, 4) is 5.75 Å². The first kappa shape index (κ1) is 15.8. The Bertz CT molecular complexity index is 613. The van der Waals surface area contributed by atoms with Crippen molar-refractivity contribution in [1.29, 1.82) is 0 Å². The molecule has 0 radical (unpaired) electrons. The van der Waals surface area contributed by atoms with Gasteiger partial charge in [-0.2, -0.15) is 0 Å². The highest BCUT2D eigenvalue weighted by Crippen LogP contribution is 2.28. The number of halogens is 3. The molecule has 0 bridgehead atoms. The number of alkyl halides is 1. The van der Waals surface area contributed by atoms with Gasteiger partial charge in [0.15, 0.2) is 11.6 Å². The molecule has 112 valence electrons. The number of rotatable bonds is 5. The van der Waals surface area contributed by atoms with E-state index in [0.717, 1.165) is 17.4 Å². The number of hydrogen-bond donors (Lipinski definition) is 0. The minimum Gasteiger partial charge on any atom is -0.491 e. The van der Waals surface area contributed by atoms with Crippen LogP contribution in [-0.2, 0) is 6.42 Å².